The summed E-state index contributed by atoms with van der Waals surface area (Å²) >= 11 is 0. The maximum Gasteiger partial charge on any atom is 0.333 e. The highest BCUT2D eigenvalue weighted by atomic mass is 16.5. The molecule has 2 aromatic carbocycles. The Hall–Kier alpha value is -2.86. The van der Waals surface area contributed by atoms with E-state index in [0.717, 1.165) is 11.1 Å². The van der Waals surface area contributed by atoms with Crippen LogP contribution < -0.4 is 16.2 Å². The number of rotatable bonds is 5. The van der Waals surface area contributed by atoms with Gasteiger partial charge in [-0.1, -0.05) is 60.7 Å². The van der Waals surface area contributed by atoms with Gasteiger partial charge in [-0.15, -0.1) is 0 Å². The van der Waals surface area contributed by atoms with Gasteiger partial charge < -0.3 is 10.1 Å². The number of carbonyl (C=O) groups excluding carboxylic acids is 2. The van der Waals surface area contributed by atoms with Crippen molar-refractivity contribution in [3.05, 3.63) is 71.8 Å². The predicted molar refractivity (Wildman–Crippen MR) is 86.4 cm³/mol. The molecule has 2 rings (SSSR count). The molecule has 0 spiro atoms. The molecule has 6 heteroatoms. The Kier molecular flexibility index (Phi) is 6.14. The monoisotopic (exact) mass is 313 g/mol. The molecular weight excluding hydrogens is 294 g/mol. The summed E-state index contributed by atoms with van der Waals surface area (Å²) in [5, 5.41) is 2.33. The molecule has 0 aliphatic carbocycles. The van der Waals surface area contributed by atoms with E-state index in [1.807, 2.05) is 60.7 Å². The summed E-state index contributed by atoms with van der Waals surface area (Å²) in [7, 11) is 1.46. The Bertz CT molecular complexity index is 593. The van der Waals surface area contributed by atoms with Gasteiger partial charge in [-0.3, -0.25) is 10.2 Å². The quantitative estimate of drug-likeness (QED) is 0.736. The number of nitrogens with one attached hydrogen (secondary N) is 3. The van der Waals surface area contributed by atoms with Crippen LogP contribution in [0.25, 0.3) is 0 Å². The molecule has 0 fully saturated rings. The van der Waals surface area contributed by atoms with Crippen molar-refractivity contribution in [1.82, 2.24) is 16.2 Å². The highest BCUT2D eigenvalue weighted by Crippen LogP contribution is 2.25. The average molecular weight is 313 g/mol. The largest absolute Gasteiger partial charge is 0.359 e. The number of hydrazine groups is 1. The fourth-order valence-corrected chi connectivity index (χ4v) is 2.02. The molecule has 0 aliphatic heterocycles. The van der Waals surface area contributed by atoms with Gasteiger partial charge in [-0.2, -0.15) is 0 Å². The van der Waals surface area contributed by atoms with Crippen LogP contribution in [0.4, 0.5) is 4.79 Å². The van der Waals surface area contributed by atoms with Crippen molar-refractivity contribution in [2.24, 2.45) is 0 Å². The number of ether oxygens (including phenoxy) is 1. The van der Waals surface area contributed by atoms with Crippen molar-refractivity contribution in [1.29, 1.82) is 0 Å². The highest BCUT2D eigenvalue weighted by Gasteiger charge is 2.16. The standard InChI is InChI=1S/C17H19N3O3/c1-18-17(22)20-19-15(21)12-23-16(13-8-4-2-5-9-13)14-10-6-3-7-11-14/h2-11,16H,12H2,1H3,(H,19,21)(H2,18,20,22). The van der Waals surface area contributed by atoms with Gasteiger partial charge >= 0.3 is 6.03 Å². The van der Waals surface area contributed by atoms with Crippen LogP contribution in [0.5, 0.6) is 0 Å². The normalized spacial score (nSPS) is 10.2. The van der Waals surface area contributed by atoms with E-state index in [9.17, 15) is 9.59 Å². The van der Waals surface area contributed by atoms with Gasteiger partial charge in [0.15, 0.2) is 0 Å². The fourth-order valence-electron chi connectivity index (χ4n) is 2.02. The van der Waals surface area contributed by atoms with E-state index in [1.165, 1.54) is 7.05 Å². The van der Waals surface area contributed by atoms with Crippen LogP contribution in [0.3, 0.4) is 0 Å². The highest BCUT2D eigenvalue weighted by molar-refractivity contribution is 5.81. The molecule has 23 heavy (non-hydrogen) atoms. The van der Waals surface area contributed by atoms with Gasteiger partial charge in [0, 0.05) is 7.05 Å². The Labute approximate surface area is 134 Å². The lowest BCUT2D eigenvalue weighted by molar-refractivity contribution is -0.127. The van der Waals surface area contributed by atoms with Gasteiger partial charge in [-0.05, 0) is 11.1 Å². The van der Waals surface area contributed by atoms with Crippen molar-refractivity contribution in [2.75, 3.05) is 13.7 Å². The SMILES string of the molecule is CNC(=O)NNC(=O)COC(c1ccccc1)c1ccccc1. The summed E-state index contributed by atoms with van der Waals surface area (Å²) in [6.07, 6.45) is -0.358. The summed E-state index contributed by atoms with van der Waals surface area (Å²) < 4.78 is 5.76. The summed E-state index contributed by atoms with van der Waals surface area (Å²) in [5.74, 6) is -0.439. The van der Waals surface area contributed by atoms with E-state index in [1.54, 1.807) is 0 Å². The molecule has 0 bridgehead atoms. The van der Waals surface area contributed by atoms with Crippen LogP contribution in [0.15, 0.2) is 60.7 Å². The van der Waals surface area contributed by atoms with Crippen molar-refractivity contribution in [3.63, 3.8) is 0 Å². The second kappa shape index (κ2) is 8.55. The van der Waals surface area contributed by atoms with E-state index in [4.69, 9.17) is 4.74 Å². The van der Waals surface area contributed by atoms with Crippen LogP contribution in [-0.4, -0.2) is 25.6 Å². The number of amides is 3. The zero-order valence-electron chi connectivity index (χ0n) is 12.8. The molecule has 0 saturated carbocycles. The summed E-state index contributed by atoms with van der Waals surface area (Å²) in [4.78, 5) is 22.8. The van der Waals surface area contributed by atoms with Crippen LogP contribution in [0.1, 0.15) is 17.2 Å². The van der Waals surface area contributed by atoms with Crippen molar-refractivity contribution in [3.8, 4) is 0 Å². The van der Waals surface area contributed by atoms with E-state index in [0.29, 0.717) is 0 Å². The minimum Gasteiger partial charge on any atom is -0.359 e. The molecule has 0 aromatic heterocycles. The van der Waals surface area contributed by atoms with Crippen LogP contribution in [0.2, 0.25) is 0 Å². The summed E-state index contributed by atoms with van der Waals surface area (Å²) in [6.45, 7) is -0.182. The van der Waals surface area contributed by atoms with Crippen LogP contribution in [-0.2, 0) is 9.53 Å². The number of benzene rings is 2. The smallest absolute Gasteiger partial charge is 0.333 e. The molecule has 2 aromatic rings. The molecule has 3 amide bonds. The first kappa shape index (κ1) is 16.5. The molecule has 0 unspecified atom stereocenters. The van der Waals surface area contributed by atoms with E-state index in [-0.39, 0.29) is 12.7 Å². The average Bonchev–Trinajstić information content (AvgIpc) is 2.61. The van der Waals surface area contributed by atoms with Gasteiger partial charge in [0.1, 0.15) is 12.7 Å². The molecule has 3 N–H and O–H groups in total. The number of urea groups is 1. The second-order valence-corrected chi connectivity index (χ2v) is 4.76. The molecule has 0 radical (unpaired) electrons. The molecular formula is C17H19N3O3. The molecule has 120 valence electrons. The maximum absolute atomic E-state index is 11.8. The van der Waals surface area contributed by atoms with Crippen molar-refractivity contribution >= 4 is 11.9 Å². The molecule has 0 atom stereocenters. The zero-order valence-corrected chi connectivity index (χ0v) is 12.8. The summed E-state index contributed by atoms with van der Waals surface area (Å²) in [6, 6.07) is 18.8. The molecule has 0 heterocycles. The second-order valence-electron chi connectivity index (χ2n) is 4.76. The number of hydrogen-bond donors (Lipinski definition) is 3. The van der Waals surface area contributed by atoms with E-state index < -0.39 is 11.9 Å². The van der Waals surface area contributed by atoms with Gasteiger partial charge in [-0.25, -0.2) is 10.2 Å². The van der Waals surface area contributed by atoms with Crippen molar-refractivity contribution < 1.29 is 14.3 Å². The minimum absolute atomic E-state index is 0.182. The first-order valence-corrected chi connectivity index (χ1v) is 7.18. The molecule has 6 nitrogen and oxygen atoms in total. The first-order valence-electron chi connectivity index (χ1n) is 7.18. The topological polar surface area (TPSA) is 79.5 Å². The van der Waals surface area contributed by atoms with Crippen LogP contribution in [0, 0.1) is 0 Å². The number of carbonyl (C=O) groups is 2. The summed E-state index contributed by atoms with van der Waals surface area (Å²) in [5.41, 5.74) is 6.37. The van der Waals surface area contributed by atoms with E-state index >= 15 is 0 Å². The van der Waals surface area contributed by atoms with Crippen LogP contribution >= 0.6 is 0 Å². The first-order chi connectivity index (χ1) is 11.2. The maximum atomic E-state index is 11.8. The Morgan fingerprint density at radius 2 is 1.43 bits per heavy atom. The lowest BCUT2D eigenvalue weighted by atomic mass is 10.0. The Balaban J connectivity index is 2.02. The van der Waals surface area contributed by atoms with Gasteiger partial charge in [0.05, 0.1) is 0 Å². The Morgan fingerprint density at radius 3 is 1.91 bits per heavy atom. The number of hydrogen-bond acceptors (Lipinski definition) is 3. The fraction of sp³-hybridized carbons (Fsp3) is 0.176. The lowest BCUT2D eigenvalue weighted by Crippen LogP contribution is -2.47. The Morgan fingerprint density at radius 1 is 0.913 bits per heavy atom. The lowest BCUT2D eigenvalue weighted by Gasteiger charge is -2.18. The van der Waals surface area contributed by atoms with Gasteiger partial charge in [0.25, 0.3) is 5.91 Å². The molecule has 0 saturated heterocycles. The van der Waals surface area contributed by atoms with Crippen molar-refractivity contribution in [2.45, 2.75) is 6.10 Å². The zero-order chi connectivity index (χ0) is 16.5. The minimum atomic E-state index is -0.499. The molecule has 0 aliphatic rings. The third-order valence-corrected chi connectivity index (χ3v) is 3.13. The third-order valence-electron chi connectivity index (χ3n) is 3.13. The third kappa shape index (κ3) is 5.12. The van der Waals surface area contributed by atoms with E-state index in [2.05, 4.69) is 16.2 Å². The predicted octanol–water partition coefficient (Wildman–Crippen LogP) is 1.75. The van der Waals surface area contributed by atoms with Gasteiger partial charge in [0.2, 0.25) is 0 Å².